The van der Waals surface area contributed by atoms with Gasteiger partial charge in [0, 0.05) is 83.3 Å². The van der Waals surface area contributed by atoms with Crippen LogP contribution in [-0.4, -0.2) is 95.3 Å². The van der Waals surface area contributed by atoms with E-state index in [2.05, 4.69) is 37.1 Å². The molecular weight excluding hydrogens is 458 g/mol. The van der Waals surface area contributed by atoms with E-state index in [1.807, 2.05) is 36.9 Å². The van der Waals surface area contributed by atoms with Crippen LogP contribution in [0.25, 0.3) is 11.1 Å². The fourth-order valence-corrected chi connectivity index (χ4v) is 4.95. The largest absolute Gasteiger partial charge is 0.459 e. The molecule has 0 atom stereocenters. The number of nitrogens with zero attached hydrogens (tertiary/aromatic N) is 6. The van der Waals surface area contributed by atoms with Gasteiger partial charge >= 0.3 is 0 Å². The molecule has 0 unspecified atom stereocenters. The number of carbonyl (C=O) groups is 1. The Labute approximate surface area is 211 Å². The zero-order chi connectivity index (χ0) is 25.3. The van der Waals surface area contributed by atoms with E-state index in [-0.39, 0.29) is 5.91 Å². The van der Waals surface area contributed by atoms with Crippen LogP contribution < -0.4 is 15.1 Å². The first-order chi connectivity index (χ1) is 17.2. The van der Waals surface area contributed by atoms with Gasteiger partial charge in [0.05, 0.1) is 11.9 Å². The van der Waals surface area contributed by atoms with Crippen LogP contribution in [0.5, 0.6) is 0 Å². The number of carbonyl (C=O) groups excluding carboxylic acids is 1. The van der Waals surface area contributed by atoms with Crippen LogP contribution in [0.15, 0.2) is 41.0 Å². The van der Waals surface area contributed by atoms with Gasteiger partial charge in [0.15, 0.2) is 11.4 Å². The lowest BCUT2D eigenvalue weighted by molar-refractivity contribution is -0.129. The Morgan fingerprint density at radius 3 is 2.28 bits per heavy atom. The van der Waals surface area contributed by atoms with Crippen LogP contribution in [0.2, 0.25) is 0 Å². The zero-order valence-corrected chi connectivity index (χ0v) is 21.3. The molecule has 192 valence electrons. The molecule has 0 spiro atoms. The summed E-state index contributed by atoms with van der Waals surface area (Å²) in [7, 11) is 0. The molecule has 0 radical (unpaired) electrons. The van der Waals surface area contributed by atoms with Gasteiger partial charge in [-0.05, 0) is 38.1 Å². The summed E-state index contributed by atoms with van der Waals surface area (Å²) in [5, 5.41) is 13.5. The summed E-state index contributed by atoms with van der Waals surface area (Å²) in [6.45, 7) is 12.4. The third-order valence-electron chi connectivity index (χ3n) is 6.78. The Hall–Kier alpha value is -3.37. The van der Waals surface area contributed by atoms with E-state index in [1.54, 1.807) is 13.2 Å². The predicted octanol–water partition coefficient (Wildman–Crippen LogP) is 2.53. The number of furan rings is 1. The van der Waals surface area contributed by atoms with E-state index < -0.39 is 5.60 Å². The van der Waals surface area contributed by atoms with Gasteiger partial charge in [0.2, 0.25) is 11.9 Å². The number of hydrogen-bond donors (Lipinski definition) is 2. The topological polar surface area (TPSA) is 101 Å². The van der Waals surface area contributed by atoms with E-state index in [1.165, 1.54) is 0 Å². The number of aliphatic hydroxyl groups is 1. The summed E-state index contributed by atoms with van der Waals surface area (Å²) in [6, 6.07) is 10.1. The van der Waals surface area contributed by atoms with E-state index >= 15 is 0 Å². The zero-order valence-electron chi connectivity index (χ0n) is 21.3. The van der Waals surface area contributed by atoms with Crippen LogP contribution in [0.3, 0.4) is 0 Å². The number of amides is 1. The van der Waals surface area contributed by atoms with Crippen molar-refractivity contribution in [2.75, 3.05) is 74.0 Å². The van der Waals surface area contributed by atoms with Gasteiger partial charge < -0.3 is 29.5 Å². The molecule has 1 amide bonds. The maximum atomic E-state index is 11.6. The number of fused-ring (bicyclic) bond motifs is 1. The Bertz CT molecular complexity index is 1190. The van der Waals surface area contributed by atoms with Crippen molar-refractivity contribution in [2.24, 2.45) is 0 Å². The van der Waals surface area contributed by atoms with Gasteiger partial charge in [-0.25, -0.2) is 4.98 Å². The summed E-state index contributed by atoms with van der Waals surface area (Å²) in [4.78, 5) is 29.7. The van der Waals surface area contributed by atoms with Crippen molar-refractivity contribution in [2.45, 2.75) is 26.4 Å². The Kier molecular flexibility index (Phi) is 6.72. The van der Waals surface area contributed by atoms with Gasteiger partial charge in [-0.2, -0.15) is 4.98 Å². The molecule has 0 aliphatic carbocycles. The SMILES string of the molecule is CC(=O)N1CCN(c2ccc(Nc3nc(N4CCN(CC(C)(C)O)CC4)c4occc4n3)cc2)CC1. The second-order valence-electron chi connectivity index (χ2n) is 10.2. The monoisotopic (exact) mass is 493 g/mol. The van der Waals surface area contributed by atoms with Gasteiger partial charge in [0.25, 0.3) is 0 Å². The van der Waals surface area contributed by atoms with E-state index in [9.17, 15) is 9.90 Å². The lowest BCUT2D eigenvalue weighted by Gasteiger charge is -2.37. The van der Waals surface area contributed by atoms with Crippen LogP contribution in [-0.2, 0) is 4.79 Å². The number of hydrogen-bond acceptors (Lipinski definition) is 9. The van der Waals surface area contributed by atoms with Crippen molar-refractivity contribution in [3.05, 3.63) is 36.6 Å². The number of aromatic nitrogens is 2. The first-order valence-corrected chi connectivity index (χ1v) is 12.6. The molecular formula is C26H35N7O3. The van der Waals surface area contributed by atoms with Crippen molar-refractivity contribution in [3.63, 3.8) is 0 Å². The molecule has 1 aromatic carbocycles. The minimum atomic E-state index is -0.707. The van der Waals surface area contributed by atoms with Crippen molar-refractivity contribution < 1.29 is 14.3 Å². The molecule has 10 nitrogen and oxygen atoms in total. The Balaban J connectivity index is 1.27. The number of piperazine rings is 2. The number of benzene rings is 1. The van der Waals surface area contributed by atoms with Crippen molar-refractivity contribution in [3.8, 4) is 0 Å². The molecule has 2 aromatic heterocycles. The molecule has 2 aliphatic heterocycles. The first kappa shape index (κ1) is 24.3. The summed E-state index contributed by atoms with van der Waals surface area (Å²) in [6.07, 6.45) is 1.65. The van der Waals surface area contributed by atoms with Gasteiger partial charge in [-0.3, -0.25) is 9.69 Å². The van der Waals surface area contributed by atoms with Crippen molar-refractivity contribution >= 4 is 40.1 Å². The fourth-order valence-electron chi connectivity index (χ4n) is 4.95. The lowest BCUT2D eigenvalue weighted by atomic mass is 10.1. The minimum absolute atomic E-state index is 0.138. The molecule has 4 heterocycles. The fraction of sp³-hybridized carbons (Fsp3) is 0.500. The van der Waals surface area contributed by atoms with Gasteiger partial charge in [-0.15, -0.1) is 0 Å². The van der Waals surface area contributed by atoms with Crippen LogP contribution in [0.4, 0.5) is 23.1 Å². The Morgan fingerprint density at radius 2 is 1.64 bits per heavy atom. The average Bonchev–Trinajstić information content (AvgIpc) is 3.32. The van der Waals surface area contributed by atoms with E-state index in [0.717, 1.165) is 75.1 Å². The van der Waals surface area contributed by atoms with Gasteiger partial charge in [0.1, 0.15) is 5.52 Å². The molecule has 36 heavy (non-hydrogen) atoms. The summed E-state index contributed by atoms with van der Waals surface area (Å²) < 4.78 is 5.74. The highest BCUT2D eigenvalue weighted by Crippen LogP contribution is 2.29. The number of anilines is 4. The predicted molar refractivity (Wildman–Crippen MR) is 141 cm³/mol. The maximum absolute atomic E-state index is 11.6. The molecule has 2 aliphatic rings. The molecule has 2 fully saturated rings. The molecule has 2 saturated heterocycles. The summed E-state index contributed by atoms with van der Waals surface area (Å²) in [5.74, 6) is 1.45. The summed E-state index contributed by atoms with van der Waals surface area (Å²) in [5.41, 5.74) is 2.79. The molecule has 0 bridgehead atoms. The van der Waals surface area contributed by atoms with E-state index in [0.29, 0.717) is 18.1 Å². The highest BCUT2D eigenvalue weighted by Gasteiger charge is 2.26. The van der Waals surface area contributed by atoms with Gasteiger partial charge in [-0.1, -0.05) is 0 Å². The molecule has 2 N–H and O–H groups in total. The second-order valence-corrected chi connectivity index (χ2v) is 10.2. The number of rotatable bonds is 6. The third kappa shape index (κ3) is 5.55. The molecule has 0 saturated carbocycles. The highest BCUT2D eigenvalue weighted by atomic mass is 16.3. The molecule has 5 rings (SSSR count). The quantitative estimate of drug-likeness (QED) is 0.536. The Morgan fingerprint density at radius 1 is 0.972 bits per heavy atom. The first-order valence-electron chi connectivity index (χ1n) is 12.6. The van der Waals surface area contributed by atoms with E-state index in [4.69, 9.17) is 9.40 Å². The standard InChI is InChI=1S/C26H35N7O3/c1-19(34)31-13-15-32(16-14-31)21-6-4-20(5-7-21)27-25-28-22-8-17-36-23(22)24(29-25)33-11-9-30(10-12-33)18-26(2,3)35/h4-8,17,35H,9-16,18H2,1-3H3,(H,27,28,29). The average molecular weight is 494 g/mol. The number of β-amino-alcohol motifs (C(OH)–C–C–N with tert-alkyl or cyclic N) is 1. The normalized spacial score (nSPS) is 17.6. The lowest BCUT2D eigenvalue weighted by Crippen LogP contribution is -2.50. The molecule has 3 aromatic rings. The van der Waals surface area contributed by atoms with Crippen molar-refractivity contribution in [1.29, 1.82) is 0 Å². The van der Waals surface area contributed by atoms with Crippen LogP contribution >= 0.6 is 0 Å². The third-order valence-corrected chi connectivity index (χ3v) is 6.78. The van der Waals surface area contributed by atoms with Crippen LogP contribution in [0.1, 0.15) is 20.8 Å². The number of nitrogens with one attached hydrogen (secondary N) is 1. The highest BCUT2D eigenvalue weighted by molar-refractivity contribution is 5.85. The second kappa shape index (κ2) is 9.94. The maximum Gasteiger partial charge on any atom is 0.229 e. The van der Waals surface area contributed by atoms with Crippen LogP contribution in [0, 0.1) is 0 Å². The summed E-state index contributed by atoms with van der Waals surface area (Å²) >= 11 is 0. The smallest absolute Gasteiger partial charge is 0.229 e. The minimum Gasteiger partial charge on any atom is -0.459 e. The van der Waals surface area contributed by atoms with Crippen molar-refractivity contribution in [1.82, 2.24) is 19.8 Å². The molecule has 10 heteroatoms.